The van der Waals surface area contributed by atoms with E-state index in [1.165, 1.54) is 6.33 Å². The monoisotopic (exact) mass is 263 g/mol. The van der Waals surface area contributed by atoms with E-state index in [0.29, 0.717) is 38.0 Å². The lowest BCUT2D eigenvalue weighted by molar-refractivity contribution is 0.0539. The van der Waals surface area contributed by atoms with Gasteiger partial charge in [-0.05, 0) is 18.2 Å². The highest BCUT2D eigenvalue weighted by Crippen LogP contribution is 2.23. The zero-order valence-corrected chi connectivity index (χ0v) is 10.8. The Morgan fingerprint density at radius 1 is 1.11 bits per heavy atom. The van der Waals surface area contributed by atoms with E-state index in [4.69, 9.17) is 19.9 Å². The van der Waals surface area contributed by atoms with Gasteiger partial charge in [0.25, 0.3) is 0 Å². The van der Waals surface area contributed by atoms with Crippen LogP contribution in [0.25, 0.3) is 10.9 Å². The zero-order valence-electron chi connectivity index (χ0n) is 10.8. The molecule has 102 valence electrons. The summed E-state index contributed by atoms with van der Waals surface area (Å²) in [6.45, 7) is 2.03. The number of rotatable bonds is 7. The molecule has 0 aliphatic carbocycles. The fourth-order valence-electron chi connectivity index (χ4n) is 1.61. The van der Waals surface area contributed by atoms with Crippen LogP contribution in [0.5, 0.6) is 5.88 Å². The highest BCUT2D eigenvalue weighted by Gasteiger charge is 2.05. The molecule has 19 heavy (non-hydrogen) atoms. The summed E-state index contributed by atoms with van der Waals surface area (Å²) in [5, 5.41) is 0.805. The van der Waals surface area contributed by atoms with Crippen LogP contribution in [0.3, 0.4) is 0 Å². The molecule has 0 aliphatic rings. The number of benzene rings is 1. The van der Waals surface area contributed by atoms with Crippen LogP contribution in [0.2, 0.25) is 0 Å². The Balaban J connectivity index is 1.95. The minimum absolute atomic E-state index is 0.421. The van der Waals surface area contributed by atoms with Gasteiger partial charge in [0.2, 0.25) is 5.88 Å². The van der Waals surface area contributed by atoms with Gasteiger partial charge in [-0.1, -0.05) is 0 Å². The number of anilines is 1. The van der Waals surface area contributed by atoms with Crippen molar-refractivity contribution in [2.45, 2.75) is 0 Å². The normalized spacial score (nSPS) is 10.8. The van der Waals surface area contributed by atoms with Crippen molar-refractivity contribution in [3.05, 3.63) is 24.5 Å². The van der Waals surface area contributed by atoms with Gasteiger partial charge in [0.15, 0.2) is 0 Å². The number of hydrogen-bond acceptors (Lipinski definition) is 6. The highest BCUT2D eigenvalue weighted by atomic mass is 16.5. The van der Waals surface area contributed by atoms with Crippen molar-refractivity contribution >= 4 is 16.6 Å². The van der Waals surface area contributed by atoms with Crippen molar-refractivity contribution in [1.82, 2.24) is 9.97 Å². The van der Waals surface area contributed by atoms with Crippen LogP contribution >= 0.6 is 0 Å². The van der Waals surface area contributed by atoms with E-state index in [1.807, 2.05) is 6.07 Å². The topological polar surface area (TPSA) is 79.5 Å². The lowest BCUT2D eigenvalue weighted by atomic mass is 10.2. The summed E-state index contributed by atoms with van der Waals surface area (Å²) in [5.74, 6) is 0.521. The second-order valence-corrected chi connectivity index (χ2v) is 3.91. The zero-order chi connectivity index (χ0) is 13.5. The van der Waals surface area contributed by atoms with Gasteiger partial charge in [0.1, 0.15) is 12.9 Å². The number of aromatic nitrogens is 2. The molecule has 1 aromatic heterocycles. The van der Waals surface area contributed by atoms with Crippen molar-refractivity contribution in [2.75, 3.05) is 39.3 Å². The van der Waals surface area contributed by atoms with Crippen molar-refractivity contribution < 1.29 is 14.2 Å². The van der Waals surface area contributed by atoms with Crippen molar-refractivity contribution in [3.8, 4) is 5.88 Å². The van der Waals surface area contributed by atoms with Crippen LogP contribution in [0.15, 0.2) is 24.5 Å². The largest absolute Gasteiger partial charge is 0.475 e. The fraction of sp³-hybridized carbons (Fsp3) is 0.385. The molecular weight excluding hydrogens is 246 g/mol. The third kappa shape index (κ3) is 3.77. The Labute approximate surface area is 111 Å². The predicted molar refractivity (Wildman–Crippen MR) is 72.1 cm³/mol. The first-order valence-corrected chi connectivity index (χ1v) is 6.01. The molecule has 0 atom stereocenters. The van der Waals surface area contributed by atoms with Crippen LogP contribution < -0.4 is 10.5 Å². The Kier molecular flexibility index (Phi) is 4.88. The van der Waals surface area contributed by atoms with E-state index in [1.54, 1.807) is 19.2 Å². The number of nitrogen functional groups attached to an aromatic ring is 1. The molecule has 2 aromatic rings. The Hall–Kier alpha value is -1.92. The molecule has 6 nitrogen and oxygen atoms in total. The SMILES string of the molecule is COCCOCCOc1ncnc2ccc(N)cc12. The molecule has 1 heterocycles. The van der Waals surface area contributed by atoms with Gasteiger partial charge >= 0.3 is 0 Å². The lowest BCUT2D eigenvalue weighted by Gasteiger charge is -2.08. The molecule has 0 bridgehead atoms. The van der Waals surface area contributed by atoms with E-state index in [2.05, 4.69) is 9.97 Å². The molecular formula is C13H17N3O3. The summed E-state index contributed by atoms with van der Waals surface area (Å²) in [6.07, 6.45) is 1.47. The third-order valence-corrected chi connectivity index (χ3v) is 2.52. The molecule has 0 radical (unpaired) electrons. The van der Waals surface area contributed by atoms with Gasteiger partial charge in [0, 0.05) is 12.8 Å². The lowest BCUT2D eigenvalue weighted by Crippen LogP contribution is -2.10. The summed E-state index contributed by atoms with van der Waals surface area (Å²) in [4.78, 5) is 8.27. The average molecular weight is 263 g/mol. The maximum atomic E-state index is 5.75. The first kappa shape index (κ1) is 13.5. The summed E-state index contributed by atoms with van der Waals surface area (Å²) in [7, 11) is 1.64. The summed E-state index contributed by atoms with van der Waals surface area (Å²) in [6, 6.07) is 5.44. The number of methoxy groups -OCH3 is 1. The number of nitrogens with two attached hydrogens (primary N) is 1. The summed E-state index contributed by atoms with van der Waals surface area (Å²) < 4.78 is 15.8. The van der Waals surface area contributed by atoms with Crippen LogP contribution in [-0.4, -0.2) is 43.5 Å². The smallest absolute Gasteiger partial charge is 0.224 e. The van der Waals surface area contributed by atoms with Crippen LogP contribution in [0.1, 0.15) is 0 Å². The van der Waals surface area contributed by atoms with Gasteiger partial charge in [-0.25, -0.2) is 9.97 Å². The summed E-state index contributed by atoms with van der Waals surface area (Å²) >= 11 is 0. The molecule has 0 aliphatic heterocycles. The number of ether oxygens (including phenoxy) is 3. The number of nitrogens with zero attached hydrogens (tertiary/aromatic N) is 2. The molecule has 6 heteroatoms. The van der Waals surface area contributed by atoms with Crippen molar-refractivity contribution in [3.63, 3.8) is 0 Å². The van der Waals surface area contributed by atoms with Crippen molar-refractivity contribution in [2.24, 2.45) is 0 Å². The second kappa shape index (κ2) is 6.86. The molecule has 2 rings (SSSR count). The Morgan fingerprint density at radius 3 is 2.79 bits per heavy atom. The van der Waals surface area contributed by atoms with E-state index < -0.39 is 0 Å². The highest BCUT2D eigenvalue weighted by molar-refractivity contribution is 5.86. The van der Waals surface area contributed by atoms with Gasteiger partial charge in [-0.15, -0.1) is 0 Å². The average Bonchev–Trinajstić information content (AvgIpc) is 2.43. The minimum atomic E-state index is 0.421. The summed E-state index contributed by atoms with van der Waals surface area (Å²) in [5.41, 5.74) is 7.21. The quantitative estimate of drug-likeness (QED) is 0.598. The molecule has 0 saturated carbocycles. The second-order valence-electron chi connectivity index (χ2n) is 3.91. The Morgan fingerprint density at radius 2 is 1.95 bits per heavy atom. The van der Waals surface area contributed by atoms with Gasteiger partial charge in [0.05, 0.1) is 30.7 Å². The molecule has 2 N–H and O–H groups in total. The molecule has 0 amide bonds. The number of fused-ring (bicyclic) bond motifs is 1. The standard InChI is InChI=1S/C13H17N3O3/c1-17-4-5-18-6-7-19-13-11-8-10(14)2-3-12(11)15-9-16-13/h2-3,8-9H,4-7,14H2,1H3. The first-order chi connectivity index (χ1) is 9.31. The van der Waals surface area contributed by atoms with Crippen LogP contribution in [0.4, 0.5) is 5.69 Å². The van der Waals surface area contributed by atoms with Gasteiger partial charge in [-0.3, -0.25) is 0 Å². The van der Waals surface area contributed by atoms with Crippen molar-refractivity contribution in [1.29, 1.82) is 0 Å². The fourth-order valence-corrected chi connectivity index (χ4v) is 1.61. The molecule has 0 unspecified atom stereocenters. The van der Waals surface area contributed by atoms with Gasteiger partial charge < -0.3 is 19.9 Å². The Bertz CT molecular complexity index is 534. The minimum Gasteiger partial charge on any atom is -0.475 e. The van der Waals surface area contributed by atoms with E-state index >= 15 is 0 Å². The maximum absolute atomic E-state index is 5.75. The predicted octanol–water partition coefficient (Wildman–Crippen LogP) is 1.25. The maximum Gasteiger partial charge on any atom is 0.224 e. The molecule has 0 spiro atoms. The van der Waals surface area contributed by atoms with E-state index in [-0.39, 0.29) is 0 Å². The van der Waals surface area contributed by atoms with Gasteiger partial charge in [-0.2, -0.15) is 0 Å². The van der Waals surface area contributed by atoms with E-state index in [9.17, 15) is 0 Å². The van der Waals surface area contributed by atoms with E-state index in [0.717, 1.165) is 10.9 Å². The number of hydrogen-bond donors (Lipinski definition) is 1. The van der Waals surface area contributed by atoms with Crippen LogP contribution in [-0.2, 0) is 9.47 Å². The molecule has 1 aromatic carbocycles. The molecule has 0 fully saturated rings. The van der Waals surface area contributed by atoms with Crippen LogP contribution in [0, 0.1) is 0 Å². The first-order valence-electron chi connectivity index (χ1n) is 6.01. The third-order valence-electron chi connectivity index (χ3n) is 2.52. The molecule has 0 saturated heterocycles.